The van der Waals surface area contributed by atoms with Gasteiger partial charge in [0, 0.05) is 11.3 Å². The maximum absolute atomic E-state index is 12.4. The largest absolute Gasteiger partial charge is 0.360 e. The minimum Gasteiger partial charge on any atom is -0.360 e. The van der Waals surface area contributed by atoms with Gasteiger partial charge in [0.2, 0.25) is 0 Å². The second-order valence-electron chi connectivity index (χ2n) is 5.97. The van der Waals surface area contributed by atoms with E-state index >= 15 is 0 Å². The van der Waals surface area contributed by atoms with Crippen LogP contribution < -0.4 is 4.72 Å². The molecule has 26 heavy (non-hydrogen) atoms. The summed E-state index contributed by atoms with van der Waals surface area (Å²) in [5, 5.41) is 7.97. The number of benzene rings is 1. The summed E-state index contributed by atoms with van der Waals surface area (Å²) in [6.45, 7) is 6.79. The number of nitrogens with zero attached hydrogens (tertiary/aromatic N) is 3. The van der Waals surface area contributed by atoms with E-state index in [1.807, 2.05) is 24.6 Å². The van der Waals surface area contributed by atoms with Crippen molar-refractivity contribution in [3.05, 3.63) is 58.7 Å². The van der Waals surface area contributed by atoms with Crippen molar-refractivity contribution < 1.29 is 17.7 Å². The summed E-state index contributed by atoms with van der Waals surface area (Å²) in [4.78, 5) is 12.2. The maximum Gasteiger partial charge on any atom is 0.269 e. The Morgan fingerprint density at radius 2 is 1.77 bits per heavy atom. The molecule has 0 saturated heterocycles. The lowest BCUT2D eigenvalue weighted by atomic mass is 10.2. The van der Waals surface area contributed by atoms with Crippen LogP contribution in [0.5, 0.6) is 0 Å². The third-order valence-corrected chi connectivity index (χ3v) is 5.42. The van der Waals surface area contributed by atoms with Crippen LogP contribution in [0, 0.1) is 27.7 Å². The van der Waals surface area contributed by atoms with Crippen LogP contribution in [0.2, 0.25) is 0 Å². The number of carbonyl (C=O) groups is 1. The molecule has 0 bridgehead atoms. The molecule has 2 heterocycles. The fourth-order valence-corrected chi connectivity index (χ4v) is 4.04. The first kappa shape index (κ1) is 17.9. The van der Waals surface area contributed by atoms with E-state index in [9.17, 15) is 13.2 Å². The van der Waals surface area contributed by atoms with Crippen molar-refractivity contribution in [3.8, 4) is 5.69 Å². The minimum absolute atomic E-state index is 0.120. The highest BCUT2D eigenvalue weighted by Gasteiger charge is 2.26. The van der Waals surface area contributed by atoms with E-state index in [1.165, 1.54) is 13.8 Å². The van der Waals surface area contributed by atoms with E-state index in [1.54, 1.807) is 28.9 Å². The van der Waals surface area contributed by atoms with E-state index in [2.05, 4.69) is 10.3 Å². The number of carbonyl (C=O) groups excluding carboxylic acids is 1. The van der Waals surface area contributed by atoms with Crippen LogP contribution in [0.1, 0.15) is 33.2 Å². The maximum atomic E-state index is 12.4. The number of hydrogen-bond acceptors (Lipinski definition) is 6. The highest BCUT2D eigenvalue weighted by Crippen LogP contribution is 2.19. The average molecular weight is 374 g/mol. The number of hydrogen-bond donors (Lipinski definition) is 1. The summed E-state index contributed by atoms with van der Waals surface area (Å²) in [5.41, 5.74) is 3.03. The molecule has 1 amide bonds. The van der Waals surface area contributed by atoms with Gasteiger partial charge in [-0.15, -0.1) is 0 Å². The number of aromatic nitrogens is 3. The molecule has 3 rings (SSSR count). The first-order valence-electron chi connectivity index (χ1n) is 7.83. The van der Waals surface area contributed by atoms with Crippen molar-refractivity contribution >= 4 is 15.9 Å². The fourth-order valence-electron chi connectivity index (χ4n) is 2.73. The van der Waals surface area contributed by atoms with Gasteiger partial charge < -0.3 is 4.52 Å². The van der Waals surface area contributed by atoms with E-state index in [-0.39, 0.29) is 21.9 Å². The van der Waals surface area contributed by atoms with Gasteiger partial charge in [0.05, 0.1) is 11.4 Å². The molecule has 0 radical (unpaired) electrons. The molecule has 0 fully saturated rings. The quantitative estimate of drug-likeness (QED) is 0.750. The van der Waals surface area contributed by atoms with Crippen LogP contribution in [0.3, 0.4) is 0 Å². The Hall–Kier alpha value is -2.94. The van der Waals surface area contributed by atoms with Gasteiger partial charge in [-0.1, -0.05) is 5.16 Å². The van der Waals surface area contributed by atoms with Crippen LogP contribution in [0.4, 0.5) is 0 Å². The molecule has 1 aromatic carbocycles. The lowest BCUT2D eigenvalue weighted by molar-refractivity contribution is 0.0981. The zero-order valence-corrected chi connectivity index (χ0v) is 15.6. The molecule has 2 aromatic heterocycles. The predicted molar refractivity (Wildman–Crippen MR) is 93.7 cm³/mol. The van der Waals surface area contributed by atoms with Crippen molar-refractivity contribution in [2.24, 2.45) is 0 Å². The summed E-state index contributed by atoms with van der Waals surface area (Å²) in [6.07, 6.45) is 0. The zero-order chi connectivity index (χ0) is 19.1. The topological polar surface area (TPSA) is 107 Å². The molecule has 8 nitrogen and oxygen atoms in total. The zero-order valence-electron chi connectivity index (χ0n) is 14.8. The van der Waals surface area contributed by atoms with Crippen molar-refractivity contribution in [2.45, 2.75) is 32.6 Å². The number of amides is 1. The molecule has 9 heteroatoms. The van der Waals surface area contributed by atoms with Gasteiger partial charge in [-0.05, 0) is 58.0 Å². The lowest BCUT2D eigenvalue weighted by Gasteiger charge is -2.08. The Kier molecular flexibility index (Phi) is 4.41. The van der Waals surface area contributed by atoms with Gasteiger partial charge in [-0.2, -0.15) is 5.10 Å². The molecule has 3 aromatic rings. The van der Waals surface area contributed by atoms with Gasteiger partial charge >= 0.3 is 0 Å². The number of sulfonamides is 1. The Balaban J connectivity index is 1.84. The average Bonchev–Trinajstić information content (AvgIpc) is 3.08. The van der Waals surface area contributed by atoms with Crippen LogP contribution in [-0.2, 0) is 10.0 Å². The lowest BCUT2D eigenvalue weighted by Crippen LogP contribution is -2.31. The first-order valence-corrected chi connectivity index (χ1v) is 9.31. The molecule has 136 valence electrons. The van der Waals surface area contributed by atoms with Crippen molar-refractivity contribution in [1.82, 2.24) is 19.7 Å². The second-order valence-corrected chi connectivity index (χ2v) is 7.59. The Morgan fingerprint density at radius 1 is 1.12 bits per heavy atom. The van der Waals surface area contributed by atoms with Crippen LogP contribution >= 0.6 is 0 Å². The van der Waals surface area contributed by atoms with E-state index < -0.39 is 15.9 Å². The Bertz CT molecular complexity index is 1060. The van der Waals surface area contributed by atoms with Gasteiger partial charge in [-0.25, -0.2) is 17.8 Å². The molecule has 0 saturated carbocycles. The van der Waals surface area contributed by atoms with E-state index in [0.717, 1.165) is 17.1 Å². The molecular weight excluding hydrogens is 356 g/mol. The highest BCUT2D eigenvalue weighted by atomic mass is 32.2. The van der Waals surface area contributed by atoms with Crippen LogP contribution in [0.25, 0.3) is 5.69 Å². The Morgan fingerprint density at radius 3 is 2.27 bits per heavy atom. The summed E-state index contributed by atoms with van der Waals surface area (Å²) < 4.78 is 33.5. The minimum atomic E-state index is -4.06. The van der Waals surface area contributed by atoms with Gasteiger partial charge in [0.25, 0.3) is 15.9 Å². The van der Waals surface area contributed by atoms with Crippen molar-refractivity contribution in [3.63, 3.8) is 0 Å². The fraction of sp³-hybridized carbons (Fsp3) is 0.235. The summed E-state index contributed by atoms with van der Waals surface area (Å²) in [6, 6.07) is 8.44. The number of aryl methyl sites for hydroxylation is 4. The predicted octanol–water partition coefficient (Wildman–Crippen LogP) is 2.21. The molecular formula is C17H18N4O4S. The van der Waals surface area contributed by atoms with Crippen molar-refractivity contribution in [1.29, 1.82) is 0 Å². The SMILES string of the molecule is Cc1cc(C)n(-c2ccc(C(=O)NS(=O)(=O)c3c(C)noc3C)cc2)n1. The standard InChI is InChI=1S/C17H18N4O4S/c1-10-9-11(2)21(18-10)15-7-5-14(6-8-15)17(22)20-26(23,24)16-12(3)19-25-13(16)4/h5-9H,1-4H3,(H,20,22). The van der Waals surface area contributed by atoms with Gasteiger partial charge in [-0.3, -0.25) is 4.79 Å². The third-order valence-electron chi connectivity index (χ3n) is 3.85. The van der Waals surface area contributed by atoms with Gasteiger partial charge in [0.1, 0.15) is 5.69 Å². The summed E-state index contributed by atoms with van der Waals surface area (Å²) in [5.74, 6) is -0.604. The normalized spacial score (nSPS) is 11.5. The number of rotatable bonds is 4. The van der Waals surface area contributed by atoms with E-state index in [4.69, 9.17) is 4.52 Å². The smallest absolute Gasteiger partial charge is 0.269 e. The van der Waals surface area contributed by atoms with E-state index in [0.29, 0.717) is 0 Å². The van der Waals surface area contributed by atoms with Crippen LogP contribution in [-0.4, -0.2) is 29.3 Å². The molecule has 0 aliphatic heterocycles. The second kappa shape index (κ2) is 6.41. The molecule has 1 N–H and O–H groups in total. The summed E-state index contributed by atoms with van der Waals surface area (Å²) in [7, 11) is -4.06. The molecule has 0 aliphatic carbocycles. The third kappa shape index (κ3) is 3.25. The molecule has 0 atom stereocenters. The van der Waals surface area contributed by atoms with Crippen LogP contribution in [0.15, 0.2) is 39.8 Å². The first-order chi connectivity index (χ1) is 12.2. The monoisotopic (exact) mass is 374 g/mol. The molecule has 0 spiro atoms. The summed E-state index contributed by atoms with van der Waals surface area (Å²) >= 11 is 0. The van der Waals surface area contributed by atoms with Crippen molar-refractivity contribution in [2.75, 3.05) is 0 Å². The highest BCUT2D eigenvalue weighted by molar-refractivity contribution is 7.90. The molecule has 0 aliphatic rings. The molecule has 0 unspecified atom stereocenters. The van der Waals surface area contributed by atoms with Gasteiger partial charge in [0.15, 0.2) is 10.7 Å². The Labute approximate surface area is 150 Å². The number of nitrogens with one attached hydrogen (secondary N) is 1.